The molecule has 0 aliphatic carbocycles. The van der Waals surface area contributed by atoms with E-state index in [2.05, 4.69) is 10.3 Å². The number of hydrogen-bond acceptors (Lipinski definition) is 4. The fraction of sp³-hybridized carbons (Fsp3) is 0.400. The van der Waals surface area contributed by atoms with Crippen LogP contribution in [-0.2, 0) is 6.54 Å². The van der Waals surface area contributed by atoms with E-state index in [0.29, 0.717) is 18.0 Å². The third-order valence-electron chi connectivity index (χ3n) is 3.68. The largest absolute Gasteiger partial charge is 0.394 e. The van der Waals surface area contributed by atoms with Gasteiger partial charge >= 0.3 is 0 Å². The molecule has 0 amide bonds. The summed E-state index contributed by atoms with van der Waals surface area (Å²) in [6.07, 6.45) is 2.37. The van der Waals surface area contributed by atoms with Crippen molar-refractivity contribution in [2.45, 2.75) is 25.4 Å². The zero-order valence-electron chi connectivity index (χ0n) is 11.4. The first kappa shape index (κ1) is 15.2. The molecular formula is C15H19ClN2O2. The molecule has 0 saturated carbocycles. The lowest BCUT2D eigenvalue weighted by molar-refractivity contribution is 0.0865. The van der Waals surface area contributed by atoms with Gasteiger partial charge in [0.15, 0.2) is 0 Å². The van der Waals surface area contributed by atoms with Gasteiger partial charge in [0.05, 0.1) is 24.3 Å². The van der Waals surface area contributed by atoms with Gasteiger partial charge in [0, 0.05) is 23.2 Å². The molecule has 0 bridgehead atoms. The summed E-state index contributed by atoms with van der Waals surface area (Å²) in [5.74, 6) is 0. The predicted molar refractivity (Wildman–Crippen MR) is 80.8 cm³/mol. The second-order valence-electron chi connectivity index (χ2n) is 4.94. The van der Waals surface area contributed by atoms with E-state index in [0.717, 1.165) is 16.5 Å². The van der Waals surface area contributed by atoms with Crippen LogP contribution in [0.2, 0.25) is 5.02 Å². The van der Waals surface area contributed by atoms with E-state index in [4.69, 9.17) is 11.6 Å². The number of benzene rings is 1. The molecule has 0 aliphatic rings. The molecular weight excluding hydrogens is 276 g/mol. The molecule has 0 aliphatic heterocycles. The Morgan fingerprint density at radius 2 is 2.05 bits per heavy atom. The van der Waals surface area contributed by atoms with Crippen molar-refractivity contribution in [3.63, 3.8) is 0 Å². The number of aliphatic hydroxyl groups excluding tert-OH is 2. The number of aliphatic hydroxyl groups is 2. The number of fused-ring (bicyclic) bond motifs is 1. The highest BCUT2D eigenvalue weighted by Crippen LogP contribution is 2.23. The van der Waals surface area contributed by atoms with Crippen LogP contribution in [-0.4, -0.2) is 33.9 Å². The summed E-state index contributed by atoms with van der Waals surface area (Å²) >= 11 is 6.12. The standard InChI is InChI=1S/C15H19ClN2O2/c1-2-15(9-19,10-20)18-8-12-7-13(16)6-11-4-3-5-17-14(11)12/h3-7,18-20H,2,8-10H2,1H3. The van der Waals surface area contributed by atoms with E-state index in [-0.39, 0.29) is 13.2 Å². The smallest absolute Gasteiger partial charge is 0.0747 e. The predicted octanol–water partition coefficient (Wildman–Crippen LogP) is 2.11. The fourth-order valence-electron chi connectivity index (χ4n) is 2.16. The summed E-state index contributed by atoms with van der Waals surface area (Å²) in [6.45, 7) is 2.18. The quantitative estimate of drug-likeness (QED) is 0.763. The van der Waals surface area contributed by atoms with Crippen LogP contribution >= 0.6 is 11.6 Å². The molecule has 1 aromatic heterocycles. The third kappa shape index (κ3) is 3.10. The molecule has 4 nitrogen and oxygen atoms in total. The molecule has 20 heavy (non-hydrogen) atoms. The summed E-state index contributed by atoms with van der Waals surface area (Å²) in [6, 6.07) is 7.56. The monoisotopic (exact) mass is 294 g/mol. The van der Waals surface area contributed by atoms with Crippen molar-refractivity contribution < 1.29 is 10.2 Å². The number of rotatable bonds is 6. The molecule has 0 spiro atoms. The Morgan fingerprint density at radius 3 is 2.70 bits per heavy atom. The van der Waals surface area contributed by atoms with Crippen LogP contribution in [0.3, 0.4) is 0 Å². The lowest BCUT2D eigenvalue weighted by Gasteiger charge is -2.30. The SMILES string of the molecule is CCC(CO)(CO)NCc1cc(Cl)cc2cccnc12. The van der Waals surface area contributed by atoms with Crippen LogP contribution in [0.4, 0.5) is 0 Å². The Bertz CT molecular complexity index is 577. The van der Waals surface area contributed by atoms with Crippen LogP contribution in [0.15, 0.2) is 30.5 Å². The number of nitrogens with zero attached hydrogens (tertiary/aromatic N) is 1. The fourth-order valence-corrected chi connectivity index (χ4v) is 2.40. The molecule has 2 rings (SSSR count). The van der Waals surface area contributed by atoms with Gasteiger partial charge in [-0.3, -0.25) is 4.98 Å². The molecule has 108 valence electrons. The molecule has 1 aromatic carbocycles. The Morgan fingerprint density at radius 1 is 1.30 bits per heavy atom. The summed E-state index contributed by atoms with van der Waals surface area (Å²) in [5.41, 5.74) is 1.15. The Labute approximate surface area is 123 Å². The maximum Gasteiger partial charge on any atom is 0.0747 e. The summed E-state index contributed by atoms with van der Waals surface area (Å²) in [7, 11) is 0. The minimum absolute atomic E-state index is 0.119. The van der Waals surface area contributed by atoms with Crippen LogP contribution in [0, 0.1) is 0 Å². The average Bonchev–Trinajstić information content (AvgIpc) is 2.49. The Balaban J connectivity index is 2.30. The lowest BCUT2D eigenvalue weighted by Crippen LogP contribution is -2.50. The number of pyridine rings is 1. The molecule has 3 N–H and O–H groups in total. The van der Waals surface area contributed by atoms with Gasteiger partial charge in [-0.25, -0.2) is 0 Å². The van der Waals surface area contributed by atoms with Crippen molar-refractivity contribution in [1.82, 2.24) is 10.3 Å². The minimum atomic E-state index is -0.677. The third-order valence-corrected chi connectivity index (χ3v) is 3.90. The topological polar surface area (TPSA) is 65.4 Å². The molecule has 5 heteroatoms. The molecule has 1 heterocycles. The molecule has 2 aromatic rings. The maximum atomic E-state index is 9.46. The number of nitrogens with one attached hydrogen (secondary N) is 1. The van der Waals surface area contributed by atoms with Crippen LogP contribution in [0.25, 0.3) is 10.9 Å². The highest BCUT2D eigenvalue weighted by atomic mass is 35.5. The van der Waals surface area contributed by atoms with Gasteiger partial charge in [0.25, 0.3) is 0 Å². The Kier molecular flexibility index (Phi) is 4.94. The lowest BCUT2D eigenvalue weighted by atomic mass is 9.97. The molecule has 0 radical (unpaired) electrons. The normalized spacial score (nSPS) is 12.0. The zero-order valence-corrected chi connectivity index (χ0v) is 12.2. The zero-order chi connectivity index (χ0) is 14.6. The molecule has 0 saturated heterocycles. The van der Waals surface area contributed by atoms with Crippen molar-refractivity contribution in [1.29, 1.82) is 0 Å². The highest BCUT2D eigenvalue weighted by molar-refractivity contribution is 6.31. The number of hydrogen-bond donors (Lipinski definition) is 3. The molecule has 0 fully saturated rings. The van der Waals surface area contributed by atoms with Crippen molar-refractivity contribution in [2.24, 2.45) is 0 Å². The van der Waals surface area contributed by atoms with Crippen molar-refractivity contribution in [3.8, 4) is 0 Å². The summed E-state index contributed by atoms with van der Waals surface area (Å²) in [5, 5.41) is 23.8. The van der Waals surface area contributed by atoms with Crippen LogP contribution in [0.1, 0.15) is 18.9 Å². The van der Waals surface area contributed by atoms with Crippen LogP contribution < -0.4 is 5.32 Å². The van der Waals surface area contributed by atoms with E-state index >= 15 is 0 Å². The average molecular weight is 295 g/mol. The molecule has 0 atom stereocenters. The van der Waals surface area contributed by atoms with Crippen LogP contribution in [0.5, 0.6) is 0 Å². The number of aromatic nitrogens is 1. The minimum Gasteiger partial charge on any atom is -0.394 e. The van der Waals surface area contributed by atoms with E-state index in [1.165, 1.54) is 0 Å². The van der Waals surface area contributed by atoms with Gasteiger partial charge in [0.1, 0.15) is 0 Å². The van der Waals surface area contributed by atoms with E-state index in [1.807, 2.05) is 31.2 Å². The first-order valence-electron chi connectivity index (χ1n) is 6.64. The van der Waals surface area contributed by atoms with Gasteiger partial charge < -0.3 is 15.5 Å². The van der Waals surface area contributed by atoms with Crippen molar-refractivity contribution >= 4 is 22.5 Å². The first-order valence-corrected chi connectivity index (χ1v) is 7.02. The van der Waals surface area contributed by atoms with Gasteiger partial charge in [-0.1, -0.05) is 24.6 Å². The van der Waals surface area contributed by atoms with Crippen molar-refractivity contribution in [2.75, 3.05) is 13.2 Å². The summed E-state index contributed by atoms with van der Waals surface area (Å²) in [4.78, 5) is 4.38. The highest BCUT2D eigenvalue weighted by Gasteiger charge is 2.25. The van der Waals surface area contributed by atoms with Gasteiger partial charge in [0.2, 0.25) is 0 Å². The van der Waals surface area contributed by atoms with Gasteiger partial charge in [-0.2, -0.15) is 0 Å². The number of halogens is 1. The summed E-state index contributed by atoms with van der Waals surface area (Å²) < 4.78 is 0. The van der Waals surface area contributed by atoms with Gasteiger partial charge in [-0.05, 0) is 30.2 Å². The molecule has 0 unspecified atom stereocenters. The van der Waals surface area contributed by atoms with E-state index in [9.17, 15) is 10.2 Å². The second kappa shape index (κ2) is 6.50. The first-order chi connectivity index (χ1) is 9.64. The Hall–Kier alpha value is -1.20. The van der Waals surface area contributed by atoms with E-state index in [1.54, 1.807) is 6.20 Å². The van der Waals surface area contributed by atoms with Gasteiger partial charge in [-0.15, -0.1) is 0 Å². The maximum absolute atomic E-state index is 9.46. The van der Waals surface area contributed by atoms with Crippen molar-refractivity contribution in [3.05, 3.63) is 41.0 Å². The second-order valence-corrected chi connectivity index (χ2v) is 5.38. The van der Waals surface area contributed by atoms with E-state index < -0.39 is 5.54 Å².